The number of halogens is 4. The molecule has 3 rings (SSSR count). The van der Waals surface area contributed by atoms with Gasteiger partial charge in [-0.3, -0.25) is 4.79 Å². The lowest BCUT2D eigenvalue weighted by atomic mass is 9.68. The zero-order valence-electron chi connectivity index (χ0n) is 22.4. The quantitative estimate of drug-likeness (QED) is 0.252. The molecule has 7 nitrogen and oxygen atoms in total. The van der Waals surface area contributed by atoms with E-state index >= 15 is 8.78 Å². The molecule has 0 spiro atoms. The van der Waals surface area contributed by atoms with Crippen molar-refractivity contribution in [3.05, 3.63) is 69.2 Å². The number of carbonyl (C=O) groups excluding carboxylic acids is 1. The molecule has 216 valence electrons. The van der Waals surface area contributed by atoms with Crippen molar-refractivity contribution in [3.8, 4) is 0 Å². The van der Waals surface area contributed by atoms with E-state index in [1.54, 1.807) is 13.8 Å². The first-order valence-corrected chi connectivity index (χ1v) is 13.5. The van der Waals surface area contributed by atoms with Gasteiger partial charge in [-0.15, -0.1) is 0 Å². The molecule has 2 aromatic carbocycles. The molecule has 0 aliphatic carbocycles. The van der Waals surface area contributed by atoms with Crippen molar-refractivity contribution >= 4 is 29.1 Å². The molecular formula is C28H37Cl2F2N3O4. The Morgan fingerprint density at radius 3 is 2.46 bits per heavy atom. The highest BCUT2D eigenvalue weighted by Crippen LogP contribution is 2.49. The molecule has 7 N–H and O–H groups in total. The smallest absolute Gasteiger partial charge is 0.237 e. The summed E-state index contributed by atoms with van der Waals surface area (Å²) in [6, 6.07) is 6.42. The van der Waals surface area contributed by atoms with Crippen molar-refractivity contribution in [2.45, 2.75) is 75.8 Å². The van der Waals surface area contributed by atoms with Crippen LogP contribution in [0.3, 0.4) is 0 Å². The van der Waals surface area contributed by atoms with E-state index < -0.39 is 58.2 Å². The maximum Gasteiger partial charge on any atom is 0.237 e. The SMILES string of the molecule is CC(C)(CO)C[C@@H]1N[C@@H](C(=O)NCC[C@H](O)C(C)(C)O)[C@H](c2cccc(Cl)c2F)[C@@]1(N)c1ccc(Cl)cc1F. The van der Waals surface area contributed by atoms with Crippen LogP contribution in [0.25, 0.3) is 0 Å². The summed E-state index contributed by atoms with van der Waals surface area (Å²) >= 11 is 12.1. The van der Waals surface area contributed by atoms with Gasteiger partial charge < -0.3 is 31.7 Å². The molecule has 5 atom stereocenters. The number of benzene rings is 2. The van der Waals surface area contributed by atoms with Crippen molar-refractivity contribution in [1.29, 1.82) is 0 Å². The largest absolute Gasteiger partial charge is 0.396 e. The van der Waals surface area contributed by atoms with E-state index in [0.29, 0.717) is 0 Å². The van der Waals surface area contributed by atoms with E-state index in [9.17, 15) is 20.1 Å². The molecule has 1 fully saturated rings. The number of nitrogens with one attached hydrogen (secondary N) is 2. The molecule has 1 heterocycles. The fraction of sp³-hybridized carbons (Fsp3) is 0.536. The number of carbonyl (C=O) groups is 1. The van der Waals surface area contributed by atoms with Crippen LogP contribution in [0, 0.1) is 17.0 Å². The van der Waals surface area contributed by atoms with Crippen molar-refractivity contribution in [2.75, 3.05) is 13.2 Å². The number of hydrogen-bond acceptors (Lipinski definition) is 6. The molecule has 1 aliphatic heterocycles. The lowest BCUT2D eigenvalue weighted by molar-refractivity contribution is -0.123. The van der Waals surface area contributed by atoms with Crippen LogP contribution in [0.2, 0.25) is 10.0 Å². The van der Waals surface area contributed by atoms with Crippen LogP contribution in [-0.2, 0) is 10.3 Å². The predicted molar refractivity (Wildman–Crippen MR) is 148 cm³/mol. The fourth-order valence-electron chi connectivity index (χ4n) is 5.20. The summed E-state index contributed by atoms with van der Waals surface area (Å²) in [5.41, 5.74) is 3.41. The highest BCUT2D eigenvalue weighted by molar-refractivity contribution is 6.31. The van der Waals surface area contributed by atoms with E-state index in [0.717, 1.165) is 6.07 Å². The second kappa shape index (κ2) is 11.9. The second-order valence-corrected chi connectivity index (χ2v) is 12.5. The van der Waals surface area contributed by atoms with Gasteiger partial charge in [-0.05, 0) is 55.9 Å². The van der Waals surface area contributed by atoms with Gasteiger partial charge in [-0.2, -0.15) is 0 Å². The lowest BCUT2D eigenvalue weighted by Gasteiger charge is -2.40. The van der Waals surface area contributed by atoms with Crippen molar-refractivity contribution in [3.63, 3.8) is 0 Å². The molecule has 39 heavy (non-hydrogen) atoms. The van der Waals surface area contributed by atoms with Crippen LogP contribution in [0.1, 0.15) is 57.6 Å². The lowest BCUT2D eigenvalue weighted by Crippen LogP contribution is -2.53. The van der Waals surface area contributed by atoms with Crippen LogP contribution in [0.4, 0.5) is 8.78 Å². The summed E-state index contributed by atoms with van der Waals surface area (Å²) in [5.74, 6) is -3.20. The summed E-state index contributed by atoms with van der Waals surface area (Å²) in [6.07, 6.45) is -0.842. The van der Waals surface area contributed by atoms with Gasteiger partial charge in [0.05, 0.1) is 28.3 Å². The average Bonchev–Trinajstić information content (AvgIpc) is 3.12. The molecule has 1 saturated heterocycles. The first-order valence-electron chi connectivity index (χ1n) is 12.8. The summed E-state index contributed by atoms with van der Waals surface area (Å²) < 4.78 is 31.1. The Morgan fingerprint density at radius 1 is 1.21 bits per heavy atom. The number of aliphatic hydroxyl groups excluding tert-OH is 2. The molecule has 2 aromatic rings. The Morgan fingerprint density at radius 2 is 1.87 bits per heavy atom. The fourth-order valence-corrected chi connectivity index (χ4v) is 5.54. The molecule has 1 amide bonds. The Hall–Kier alpha value is -1.85. The minimum atomic E-state index is -1.68. The minimum absolute atomic E-state index is 0.00654. The predicted octanol–water partition coefficient (Wildman–Crippen LogP) is 3.60. The Labute approximate surface area is 237 Å². The number of amides is 1. The highest BCUT2D eigenvalue weighted by atomic mass is 35.5. The highest BCUT2D eigenvalue weighted by Gasteiger charge is 2.58. The number of hydrogen-bond donors (Lipinski definition) is 6. The van der Waals surface area contributed by atoms with Gasteiger partial charge in [0, 0.05) is 35.7 Å². The van der Waals surface area contributed by atoms with Crippen molar-refractivity contribution in [2.24, 2.45) is 11.1 Å². The molecule has 11 heteroatoms. The first-order chi connectivity index (χ1) is 18.0. The van der Waals surface area contributed by atoms with Gasteiger partial charge in [0.1, 0.15) is 11.6 Å². The molecule has 0 unspecified atom stereocenters. The average molecular weight is 589 g/mol. The first kappa shape index (κ1) is 31.7. The molecule has 0 saturated carbocycles. The van der Waals surface area contributed by atoms with Crippen molar-refractivity contribution < 1.29 is 28.9 Å². The van der Waals surface area contributed by atoms with Crippen LogP contribution in [0.5, 0.6) is 0 Å². The van der Waals surface area contributed by atoms with Gasteiger partial charge >= 0.3 is 0 Å². The van der Waals surface area contributed by atoms with E-state index in [4.69, 9.17) is 28.9 Å². The van der Waals surface area contributed by atoms with Gasteiger partial charge in [0.15, 0.2) is 0 Å². The van der Waals surface area contributed by atoms with Crippen LogP contribution >= 0.6 is 23.2 Å². The third kappa shape index (κ3) is 6.73. The van der Waals surface area contributed by atoms with Gasteiger partial charge in [0.2, 0.25) is 5.91 Å². The number of nitrogens with two attached hydrogens (primary N) is 1. The van der Waals surface area contributed by atoms with Crippen LogP contribution in [-0.4, -0.2) is 58.2 Å². The summed E-state index contributed by atoms with van der Waals surface area (Å²) in [7, 11) is 0. The molecule has 0 bridgehead atoms. The Balaban J connectivity index is 2.14. The zero-order valence-corrected chi connectivity index (χ0v) is 24.0. The monoisotopic (exact) mass is 587 g/mol. The van der Waals surface area contributed by atoms with Gasteiger partial charge in [0.25, 0.3) is 0 Å². The standard InChI is InChI=1S/C28H37Cl2F2N3O4/c1-26(2,14-36)13-20-28(33,17-9-8-15(29)12-19(17)31)22(16-6-5-7-18(30)23(16)32)24(35-20)25(38)34-11-10-21(37)27(3,4)39/h5-9,12,20-22,24,35-37,39H,10-11,13-14,33H2,1-4H3,(H,34,38)/t20-,21-,22-,24+,28+/m0/s1. The molecule has 1 aliphatic rings. The van der Waals surface area contributed by atoms with Gasteiger partial charge in [-0.25, -0.2) is 8.78 Å². The number of rotatable bonds is 10. The molecule has 0 radical (unpaired) electrons. The summed E-state index contributed by atoms with van der Waals surface area (Å²) in [5, 5.41) is 36.1. The third-order valence-electron chi connectivity index (χ3n) is 7.52. The maximum atomic E-state index is 15.6. The Bertz CT molecular complexity index is 1190. The van der Waals surface area contributed by atoms with E-state index in [-0.39, 0.29) is 47.2 Å². The third-order valence-corrected chi connectivity index (χ3v) is 8.05. The topological polar surface area (TPSA) is 128 Å². The number of aliphatic hydroxyl groups is 3. The van der Waals surface area contributed by atoms with Crippen LogP contribution < -0.4 is 16.4 Å². The molecule has 0 aromatic heterocycles. The zero-order chi connectivity index (χ0) is 29.3. The van der Waals surface area contributed by atoms with E-state index in [1.807, 2.05) is 0 Å². The van der Waals surface area contributed by atoms with Crippen LogP contribution in [0.15, 0.2) is 36.4 Å². The summed E-state index contributed by atoms with van der Waals surface area (Å²) in [6.45, 7) is 6.29. The molecular weight excluding hydrogens is 551 g/mol. The van der Waals surface area contributed by atoms with Crippen molar-refractivity contribution in [1.82, 2.24) is 10.6 Å². The minimum Gasteiger partial charge on any atom is -0.396 e. The second-order valence-electron chi connectivity index (χ2n) is 11.7. The normalized spacial score (nSPS) is 24.6. The van der Waals surface area contributed by atoms with E-state index in [1.165, 1.54) is 44.2 Å². The van der Waals surface area contributed by atoms with E-state index in [2.05, 4.69) is 10.6 Å². The summed E-state index contributed by atoms with van der Waals surface area (Å²) in [4.78, 5) is 13.6. The Kier molecular flexibility index (Phi) is 9.70. The van der Waals surface area contributed by atoms with Gasteiger partial charge in [-0.1, -0.05) is 55.2 Å². The maximum absolute atomic E-state index is 15.6.